The van der Waals surface area contributed by atoms with E-state index in [1.165, 1.54) is 30.9 Å². The third-order valence-electron chi connectivity index (χ3n) is 13.2. The highest BCUT2D eigenvalue weighted by Gasteiger charge is 2.34. The maximum absolute atomic E-state index is 13.4. The van der Waals surface area contributed by atoms with E-state index in [0.717, 1.165) is 25.7 Å². The van der Waals surface area contributed by atoms with Gasteiger partial charge in [-0.3, -0.25) is 38.8 Å². The van der Waals surface area contributed by atoms with Crippen molar-refractivity contribution in [1.29, 1.82) is 0 Å². The summed E-state index contributed by atoms with van der Waals surface area (Å²) in [6.07, 6.45) is 11.5. The smallest absolute Gasteiger partial charge is 0.272 e. The molecule has 0 aliphatic carbocycles. The second kappa shape index (κ2) is 20.9. The lowest BCUT2D eigenvalue weighted by molar-refractivity contribution is 0.0766. The monoisotopic (exact) mass is 983 g/mol. The van der Waals surface area contributed by atoms with Gasteiger partial charge in [0.25, 0.3) is 35.4 Å². The lowest BCUT2D eigenvalue weighted by atomic mass is 10.1. The highest BCUT2D eigenvalue weighted by Crippen LogP contribution is 2.40. The van der Waals surface area contributed by atoms with Gasteiger partial charge in [-0.1, -0.05) is 0 Å². The number of aliphatic imine (C=N–C) groups is 2. The Bertz CT molecular complexity index is 2820. The predicted octanol–water partition coefficient (Wildman–Crippen LogP) is 5.26. The number of ether oxygens (including phenoxy) is 4. The minimum atomic E-state index is -0.498. The maximum Gasteiger partial charge on any atom is 0.272 e. The van der Waals surface area contributed by atoms with Gasteiger partial charge < -0.3 is 63.7 Å². The molecule has 2 fully saturated rings. The number of nitrogens with zero attached hydrogens (tertiary/aromatic N) is 7. The van der Waals surface area contributed by atoms with Crippen LogP contribution in [0.4, 0.5) is 22.7 Å². The van der Waals surface area contributed by atoms with E-state index in [1.807, 2.05) is 22.2 Å². The third kappa shape index (κ3) is 9.99. The van der Waals surface area contributed by atoms with E-state index in [4.69, 9.17) is 18.9 Å². The van der Waals surface area contributed by atoms with Crippen LogP contribution in [0.2, 0.25) is 0 Å². The lowest BCUT2D eigenvalue weighted by Crippen LogP contribution is -2.35. The average Bonchev–Trinajstić information content (AvgIpc) is 4.22. The van der Waals surface area contributed by atoms with Crippen LogP contribution in [0, 0.1) is 0 Å². The molecular formula is C51H57N11O10. The first-order valence-corrected chi connectivity index (χ1v) is 23.9. The summed E-state index contributed by atoms with van der Waals surface area (Å²) >= 11 is 0. The van der Waals surface area contributed by atoms with Crippen LogP contribution in [-0.2, 0) is 21.1 Å². The number of methoxy groups -OCH3 is 2. The largest absolute Gasteiger partial charge is 0.493 e. The van der Waals surface area contributed by atoms with Crippen LogP contribution >= 0.6 is 0 Å². The van der Waals surface area contributed by atoms with Crippen molar-refractivity contribution >= 4 is 70.6 Å². The van der Waals surface area contributed by atoms with Crippen molar-refractivity contribution in [2.45, 2.75) is 50.6 Å². The number of rotatable bonds is 18. The maximum atomic E-state index is 13.4. The van der Waals surface area contributed by atoms with Crippen LogP contribution < -0.4 is 40.2 Å². The van der Waals surface area contributed by atoms with Crippen LogP contribution in [0.25, 0.3) is 0 Å². The quantitative estimate of drug-likeness (QED) is 0.0832. The molecule has 6 amide bonds. The van der Waals surface area contributed by atoms with Gasteiger partial charge in [-0.05, 0) is 74.9 Å². The van der Waals surface area contributed by atoms with Gasteiger partial charge in [0.15, 0.2) is 23.0 Å². The van der Waals surface area contributed by atoms with E-state index in [2.05, 4.69) is 31.3 Å². The Morgan fingerprint density at radius 2 is 1.01 bits per heavy atom. The van der Waals surface area contributed by atoms with Crippen LogP contribution in [0.5, 0.6) is 23.0 Å². The molecular weight excluding hydrogens is 927 g/mol. The van der Waals surface area contributed by atoms with Gasteiger partial charge in [0.1, 0.15) is 22.8 Å². The van der Waals surface area contributed by atoms with Crippen LogP contribution in [0.1, 0.15) is 101 Å². The van der Waals surface area contributed by atoms with E-state index in [9.17, 15) is 28.8 Å². The molecule has 0 radical (unpaired) electrons. The Hall–Kier alpha value is -8.36. The molecule has 2 aromatic carbocycles. The molecule has 9 rings (SSSR count). The summed E-state index contributed by atoms with van der Waals surface area (Å²) in [7, 11) is 8.00. The van der Waals surface area contributed by atoms with Gasteiger partial charge in [0.05, 0.1) is 73.4 Å². The fourth-order valence-electron chi connectivity index (χ4n) is 9.41. The zero-order valence-corrected chi connectivity index (χ0v) is 40.8. The minimum Gasteiger partial charge on any atom is -0.493 e. The van der Waals surface area contributed by atoms with Gasteiger partial charge >= 0.3 is 0 Å². The standard InChI is InChI=1S/C51H57N11O10/c1-58-28-30(20-40(58)46(63)52-14-8-18-71-44-24-36-34(22-42(44)69-4)50(67)61-16-6-10-32(61)26-54-36)56-48(65)38-12-13-39(60(38)3)49(66)57-31-21-41(59(2)29-31)47(64)53-15-9-19-72-45-25-37-35(23-43(45)70-5)51(68)62-17-7-11-33(62)27-55-37/h12-13,20-29,32-33H,6-11,14-19H2,1-5H3,(H,52,63)(H,53,64)(H,56,65)(H,57,66)/t32-,33-/m0/s1. The first-order chi connectivity index (χ1) is 34.8. The van der Waals surface area contributed by atoms with Crippen molar-refractivity contribution in [2.24, 2.45) is 31.1 Å². The number of aryl methyl sites for hydroxylation is 2. The Morgan fingerprint density at radius 1 is 0.583 bits per heavy atom. The number of nitrogens with one attached hydrogen (secondary N) is 4. The molecule has 21 heteroatoms. The zero-order chi connectivity index (χ0) is 50.6. The number of amides is 6. The number of anilines is 2. The highest BCUT2D eigenvalue weighted by atomic mass is 16.5. The van der Waals surface area contributed by atoms with Gasteiger partial charge in [-0.25, -0.2) is 0 Å². The fourth-order valence-corrected chi connectivity index (χ4v) is 9.41. The number of benzene rings is 2. The number of hydrogen-bond donors (Lipinski definition) is 4. The van der Waals surface area contributed by atoms with E-state index in [0.29, 0.717) is 107 Å². The van der Waals surface area contributed by atoms with E-state index in [1.54, 1.807) is 79.1 Å². The molecule has 72 heavy (non-hydrogen) atoms. The van der Waals surface area contributed by atoms with Crippen molar-refractivity contribution < 1.29 is 47.7 Å². The normalized spacial score (nSPS) is 16.5. The summed E-state index contributed by atoms with van der Waals surface area (Å²) < 4.78 is 27.7. The van der Waals surface area contributed by atoms with Crippen molar-refractivity contribution in [3.63, 3.8) is 0 Å². The minimum absolute atomic E-state index is 0.0126. The molecule has 4 N–H and O–H groups in total. The first kappa shape index (κ1) is 48.7. The predicted molar refractivity (Wildman–Crippen MR) is 267 cm³/mol. The molecule has 376 valence electrons. The van der Waals surface area contributed by atoms with E-state index in [-0.39, 0.29) is 60.3 Å². The fraction of sp³-hybridized carbons (Fsp3) is 0.373. The van der Waals surface area contributed by atoms with Crippen molar-refractivity contribution in [2.75, 3.05) is 64.2 Å². The van der Waals surface area contributed by atoms with E-state index >= 15 is 0 Å². The lowest BCUT2D eigenvalue weighted by Gasteiger charge is -2.20. The third-order valence-corrected chi connectivity index (χ3v) is 13.2. The second-order valence-corrected chi connectivity index (χ2v) is 17.9. The Kier molecular flexibility index (Phi) is 14.1. The molecule has 0 saturated carbocycles. The summed E-state index contributed by atoms with van der Waals surface area (Å²) in [5.41, 5.74) is 3.77. The molecule has 0 bridgehead atoms. The zero-order valence-electron chi connectivity index (χ0n) is 40.8. The first-order valence-electron chi connectivity index (χ1n) is 23.9. The average molecular weight is 984 g/mol. The number of fused-ring (bicyclic) bond motifs is 4. The molecule has 5 aromatic rings. The summed E-state index contributed by atoms with van der Waals surface area (Å²) in [4.78, 5) is 92.4. The Morgan fingerprint density at radius 3 is 1.43 bits per heavy atom. The second-order valence-electron chi connectivity index (χ2n) is 17.9. The van der Waals surface area contributed by atoms with Gasteiger partial charge in [0, 0.05) is 84.3 Å². The van der Waals surface area contributed by atoms with Gasteiger partial charge in [0.2, 0.25) is 0 Å². The summed E-state index contributed by atoms with van der Waals surface area (Å²) in [5.74, 6) is -0.111. The molecule has 2 saturated heterocycles. The number of aromatic nitrogens is 3. The van der Waals surface area contributed by atoms with E-state index < -0.39 is 11.8 Å². The molecule has 4 aliphatic heterocycles. The molecule has 0 spiro atoms. The summed E-state index contributed by atoms with van der Waals surface area (Å²) in [6.45, 7) is 2.49. The summed E-state index contributed by atoms with van der Waals surface area (Å²) in [5, 5.41) is 11.4. The number of carbonyl (C=O) groups excluding carboxylic acids is 6. The topological polar surface area (TPSA) is 233 Å². The molecule has 2 atom stereocenters. The van der Waals surface area contributed by atoms with Crippen LogP contribution in [0.3, 0.4) is 0 Å². The van der Waals surface area contributed by atoms with Crippen molar-refractivity contribution in [3.8, 4) is 23.0 Å². The molecule has 7 heterocycles. The molecule has 0 unspecified atom stereocenters. The number of hydrogen-bond acceptors (Lipinski definition) is 12. The SMILES string of the molecule is COc1cc2c(cc1OCCCNC(=O)c1cc(NC(=O)c3ccc(C(=O)Nc4cc(C(=O)NCCCOc5cc6c(cc5OC)C(=O)N5CCC[C@H]5C=N6)n(C)c4)n3C)cn1C)N=C[C@@H]1CCCN1C2=O. The van der Waals surface area contributed by atoms with Gasteiger partial charge in [-0.2, -0.15) is 0 Å². The molecule has 21 nitrogen and oxygen atoms in total. The van der Waals surface area contributed by atoms with Crippen LogP contribution in [0.15, 0.2) is 70.9 Å². The highest BCUT2D eigenvalue weighted by molar-refractivity contribution is 6.09. The molecule has 4 aliphatic rings. The Labute approximate surface area is 415 Å². The summed E-state index contributed by atoms with van der Waals surface area (Å²) in [6, 6.07) is 12.9. The van der Waals surface area contributed by atoms with Crippen molar-refractivity contribution in [3.05, 3.63) is 94.8 Å². The van der Waals surface area contributed by atoms with Crippen molar-refractivity contribution in [1.82, 2.24) is 34.1 Å². The number of carbonyl (C=O) groups is 6. The molecule has 3 aromatic heterocycles. The van der Waals surface area contributed by atoms with Gasteiger partial charge in [-0.15, -0.1) is 0 Å². The van der Waals surface area contributed by atoms with Crippen LogP contribution in [-0.4, -0.2) is 137 Å². The Balaban J connectivity index is 0.719.